The second-order valence-electron chi connectivity index (χ2n) is 7.58. The summed E-state index contributed by atoms with van der Waals surface area (Å²) in [6.45, 7) is 4.08. The van der Waals surface area contributed by atoms with Gasteiger partial charge in [0.25, 0.3) is 5.91 Å². The molecule has 1 amide bonds. The van der Waals surface area contributed by atoms with Gasteiger partial charge in [0.05, 0.1) is 14.2 Å². The van der Waals surface area contributed by atoms with Crippen molar-refractivity contribution in [2.75, 3.05) is 14.2 Å². The molecule has 160 valence electrons. The molecule has 31 heavy (non-hydrogen) atoms. The van der Waals surface area contributed by atoms with E-state index in [1.807, 2.05) is 55.1 Å². The summed E-state index contributed by atoms with van der Waals surface area (Å²) in [6, 6.07) is 10.8. The van der Waals surface area contributed by atoms with E-state index in [1.165, 1.54) is 0 Å². The number of imidazole rings is 1. The van der Waals surface area contributed by atoms with Crippen LogP contribution in [0.4, 0.5) is 0 Å². The fraction of sp³-hybridized carbons (Fsp3) is 0.250. The Bertz CT molecular complexity index is 1230. The number of ether oxygens (including phenoxy) is 2. The van der Waals surface area contributed by atoms with E-state index in [0.29, 0.717) is 22.9 Å². The molecule has 7 heteroatoms. The Kier molecular flexibility index (Phi) is 5.42. The van der Waals surface area contributed by atoms with Gasteiger partial charge in [-0.1, -0.05) is 0 Å². The summed E-state index contributed by atoms with van der Waals surface area (Å²) in [4.78, 5) is 21.1. The van der Waals surface area contributed by atoms with E-state index in [1.54, 1.807) is 26.5 Å². The number of carbonyl (C=O) groups is 1. The normalized spacial score (nSPS) is 12.0. The van der Waals surface area contributed by atoms with Gasteiger partial charge in [-0.15, -0.1) is 0 Å². The Morgan fingerprint density at radius 1 is 1.10 bits per heavy atom. The van der Waals surface area contributed by atoms with Gasteiger partial charge in [-0.25, -0.2) is 4.98 Å². The molecule has 0 spiro atoms. The molecule has 0 bridgehead atoms. The number of carbonyl (C=O) groups excluding carboxylic acids is 1. The molecule has 2 aromatic heterocycles. The van der Waals surface area contributed by atoms with Gasteiger partial charge in [-0.05, 0) is 55.3 Å². The lowest BCUT2D eigenvalue weighted by atomic mass is 10.0. The van der Waals surface area contributed by atoms with Gasteiger partial charge in [0.15, 0.2) is 0 Å². The van der Waals surface area contributed by atoms with Gasteiger partial charge in [-0.3, -0.25) is 4.79 Å². The third-order valence-electron chi connectivity index (χ3n) is 5.67. The fourth-order valence-corrected chi connectivity index (χ4v) is 3.77. The highest BCUT2D eigenvalue weighted by Crippen LogP contribution is 2.30. The summed E-state index contributed by atoms with van der Waals surface area (Å²) in [5.41, 5.74) is 4.66. The van der Waals surface area contributed by atoms with Crippen LogP contribution in [-0.4, -0.2) is 34.7 Å². The summed E-state index contributed by atoms with van der Waals surface area (Å²) in [5, 5.41) is 4.19. The van der Waals surface area contributed by atoms with E-state index in [-0.39, 0.29) is 5.91 Å². The van der Waals surface area contributed by atoms with E-state index in [0.717, 1.165) is 27.7 Å². The maximum Gasteiger partial charge on any atom is 0.252 e. The minimum atomic E-state index is -0.485. The lowest BCUT2D eigenvalue weighted by Gasteiger charge is -2.20. The Morgan fingerprint density at radius 3 is 2.42 bits per heavy atom. The molecule has 1 atom stereocenters. The number of fused-ring (bicyclic) bond motifs is 1. The lowest BCUT2D eigenvalue weighted by molar-refractivity contribution is 0.0941. The Hall–Kier alpha value is -3.74. The molecule has 0 aliphatic heterocycles. The van der Waals surface area contributed by atoms with Crippen molar-refractivity contribution in [1.82, 2.24) is 19.9 Å². The molecule has 0 saturated carbocycles. The number of nitrogens with one attached hydrogen (secondary N) is 2. The number of amides is 1. The van der Waals surface area contributed by atoms with Crippen molar-refractivity contribution in [3.8, 4) is 11.5 Å². The van der Waals surface area contributed by atoms with Crippen LogP contribution in [0.3, 0.4) is 0 Å². The molecule has 0 fully saturated rings. The van der Waals surface area contributed by atoms with Gasteiger partial charge in [0.1, 0.15) is 23.4 Å². The van der Waals surface area contributed by atoms with Crippen molar-refractivity contribution in [3.63, 3.8) is 0 Å². The SMILES string of the molecule is COc1cc(OC)cc(C(NC(=O)c2ccc3[nH]c(C)c(C)c3c2)c2nccn2C)c1. The minimum absolute atomic E-state index is 0.185. The smallest absolute Gasteiger partial charge is 0.252 e. The second kappa shape index (κ2) is 8.18. The van der Waals surface area contributed by atoms with Crippen molar-refractivity contribution in [3.05, 3.63) is 77.0 Å². The number of rotatable bonds is 6. The van der Waals surface area contributed by atoms with E-state index >= 15 is 0 Å². The lowest BCUT2D eigenvalue weighted by Crippen LogP contribution is -2.31. The van der Waals surface area contributed by atoms with Crippen molar-refractivity contribution in [2.45, 2.75) is 19.9 Å². The number of aromatic amines is 1. The summed E-state index contributed by atoms with van der Waals surface area (Å²) in [6.07, 6.45) is 3.56. The minimum Gasteiger partial charge on any atom is -0.497 e. The van der Waals surface area contributed by atoms with Crippen LogP contribution in [0.25, 0.3) is 10.9 Å². The first-order valence-corrected chi connectivity index (χ1v) is 10.0. The summed E-state index contributed by atoms with van der Waals surface area (Å²) < 4.78 is 12.7. The number of nitrogens with zero attached hydrogens (tertiary/aromatic N) is 2. The third kappa shape index (κ3) is 3.86. The molecule has 0 aliphatic rings. The first-order valence-electron chi connectivity index (χ1n) is 10.0. The molecule has 2 heterocycles. The fourth-order valence-electron chi connectivity index (χ4n) is 3.77. The van der Waals surface area contributed by atoms with Crippen molar-refractivity contribution in [2.24, 2.45) is 7.05 Å². The number of hydrogen-bond acceptors (Lipinski definition) is 4. The molecule has 0 saturated heterocycles. The van der Waals surface area contributed by atoms with E-state index in [9.17, 15) is 4.79 Å². The standard InChI is InChI=1S/C24H26N4O3/c1-14-15(2)26-21-7-6-16(12-20(14)21)24(29)27-22(23-25-8-9-28(23)3)17-10-18(30-4)13-19(11-17)31-5/h6-13,22,26H,1-5H3,(H,27,29). The quantitative estimate of drug-likeness (QED) is 0.495. The molecule has 4 rings (SSSR count). The number of aryl methyl sites for hydroxylation is 3. The Balaban J connectivity index is 1.74. The predicted octanol–water partition coefficient (Wildman–Crippen LogP) is 4.05. The highest BCUT2D eigenvalue weighted by molar-refractivity contribution is 5.99. The molecular weight excluding hydrogens is 392 g/mol. The highest BCUT2D eigenvalue weighted by Gasteiger charge is 2.23. The van der Waals surface area contributed by atoms with Crippen LogP contribution in [0, 0.1) is 13.8 Å². The summed E-state index contributed by atoms with van der Waals surface area (Å²) in [5.74, 6) is 1.80. The van der Waals surface area contributed by atoms with Crippen LogP contribution in [0.5, 0.6) is 11.5 Å². The zero-order chi connectivity index (χ0) is 22.1. The van der Waals surface area contributed by atoms with Crippen LogP contribution in [-0.2, 0) is 7.05 Å². The molecule has 1 unspecified atom stereocenters. The molecular formula is C24H26N4O3. The topological polar surface area (TPSA) is 81.2 Å². The molecule has 4 aromatic rings. The Labute approximate surface area is 181 Å². The van der Waals surface area contributed by atoms with Gasteiger partial charge < -0.3 is 24.3 Å². The van der Waals surface area contributed by atoms with E-state index in [4.69, 9.17) is 9.47 Å². The number of H-pyrrole nitrogens is 1. The Morgan fingerprint density at radius 2 is 1.81 bits per heavy atom. The zero-order valence-corrected chi connectivity index (χ0v) is 18.3. The maximum atomic E-state index is 13.3. The monoisotopic (exact) mass is 418 g/mol. The van der Waals surface area contributed by atoms with Gasteiger partial charge in [0, 0.05) is 47.7 Å². The van der Waals surface area contributed by atoms with Crippen molar-refractivity contribution < 1.29 is 14.3 Å². The molecule has 7 nitrogen and oxygen atoms in total. The highest BCUT2D eigenvalue weighted by atomic mass is 16.5. The van der Waals surface area contributed by atoms with E-state index < -0.39 is 6.04 Å². The van der Waals surface area contributed by atoms with Crippen LogP contribution in [0.15, 0.2) is 48.8 Å². The van der Waals surface area contributed by atoms with Crippen molar-refractivity contribution in [1.29, 1.82) is 0 Å². The zero-order valence-electron chi connectivity index (χ0n) is 18.3. The number of hydrogen-bond donors (Lipinski definition) is 2. The summed E-state index contributed by atoms with van der Waals surface area (Å²) >= 11 is 0. The molecule has 0 radical (unpaired) electrons. The molecule has 2 aromatic carbocycles. The first-order chi connectivity index (χ1) is 14.9. The number of benzene rings is 2. The number of aromatic nitrogens is 3. The van der Waals surface area contributed by atoms with Crippen molar-refractivity contribution >= 4 is 16.8 Å². The third-order valence-corrected chi connectivity index (χ3v) is 5.67. The van der Waals surface area contributed by atoms with Crippen LogP contribution >= 0.6 is 0 Å². The second-order valence-corrected chi connectivity index (χ2v) is 7.58. The van der Waals surface area contributed by atoms with Gasteiger partial charge in [-0.2, -0.15) is 0 Å². The van der Waals surface area contributed by atoms with Crippen LogP contribution < -0.4 is 14.8 Å². The van der Waals surface area contributed by atoms with Crippen LogP contribution in [0.2, 0.25) is 0 Å². The van der Waals surface area contributed by atoms with Gasteiger partial charge in [0.2, 0.25) is 0 Å². The largest absolute Gasteiger partial charge is 0.497 e. The van der Waals surface area contributed by atoms with Crippen LogP contribution in [0.1, 0.15) is 39.0 Å². The maximum absolute atomic E-state index is 13.3. The van der Waals surface area contributed by atoms with Gasteiger partial charge >= 0.3 is 0 Å². The molecule has 2 N–H and O–H groups in total. The average Bonchev–Trinajstić information content (AvgIpc) is 3.33. The average molecular weight is 418 g/mol. The van der Waals surface area contributed by atoms with E-state index in [2.05, 4.69) is 22.2 Å². The number of methoxy groups -OCH3 is 2. The molecule has 0 aliphatic carbocycles. The summed E-state index contributed by atoms with van der Waals surface area (Å²) in [7, 11) is 5.10. The first kappa shape index (κ1) is 20.5. The predicted molar refractivity (Wildman–Crippen MR) is 120 cm³/mol.